The third-order valence-corrected chi connectivity index (χ3v) is 7.83. The molecule has 9 heteroatoms. The molecule has 2 aromatic heterocycles. The topological polar surface area (TPSA) is 47.0 Å². The molecule has 0 saturated heterocycles. The second-order valence-corrected chi connectivity index (χ2v) is 9.82. The summed E-state index contributed by atoms with van der Waals surface area (Å²) in [5.74, 6) is -0.313. The highest BCUT2D eigenvalue weighted by Gasteiger charge is 2.32. The molecule has 0 aliphatic rings. The van der Waals surface area contributed by atoms with Gasteiger partial charge in [-0.2, -0.15) is 13.2 Å². The zero-order valence-corrected chi connectivity index (χ0v) is 16.0. The number of rotatable bonds is 5. The van der Waals surface area contributed by atoms with E-state index in [1.807, 2.05) is 17.5 Å². The molecule has 0 saturated carbocycles. The summed E-state index contributed by atoms with van der Waals surface area (Å²) in [4.78, 5) is 5.29. The molecule has 26 heavy (non-hydrogen) atoms. The van der Waals surface area contributed by atoms with E-state index in [1.54, 1.807) is 5.38 Å². The van der Waals surface area contributed by atoms with Crippen molar-refractivity contribution >= 4 is 32.5 Å². The van der Waals surface area contributed by atoms with Gasteiger partial charge in [-0.3, -0.25) is 0 Å². The maximum Gasteiger partial charge on any atom is 0.416 e. The van der Waals surface area contributed by atoms with Crippen LogP contribution in [0.25, 0.3) is 9.88 Å². The predicted octanol–water partition coefficient (Wildman–Crippen LogP) is 5.57. The molecule has 0 fully saturated rings. The average Bonchev–Trinajstić information content (AvgIpc) is 3.24. The summed E-state index contributed by atoms with van der Waals surface area (Å²) in [7, 11) is -3.70. The van der Waals surface area contributed by atoms with Gasteiger partial charge in [0.2, 0.25) is 0 Å². The lowest BCUT2D eigenvalue weighted by Crippen LogP contribution is -2.14. The van der Waals surface area contributed by atoms with E-state index in [2.05, 4.69) is 4.98 Å². The summed E-state index contributed by atoms with van der Waals surface area (Å²) in [5, 5.41) is 3.25. The molecule has 0 aliphatic heterocycles. The second kappa shape index (κ2) is 7.13. The van der Waals surface area contributed by atoms with Crippen LogP contribution < -0.4 is 0 Å². The fourth-order valence-electron chi connectivity index (χ4n) is 2.39. The fraction of sp³-hybridized carbons (Fsp3) is 0.235. The molecule has 1 aromatic carbocycles. The number of thiophene rings is 1. The van der Waals surface area contributed by atoms with Gasteiger partial charge in [0, 0.05) is 5.38 Å². The Morgan fingerprint density at radius 2 is 1.92 bits per heavy atom. The van der Waals surface area contributed by atoms with E-state index >= 15 is 0 Å². The van der Waals surface area contributed by atoms with Gasteiger partial charge >= 0.3 is 6.18 Å². The van der Waals surface area contributed by atoms with E-state index in [0.29, 0.717) is 5.69 Å². The van der Waals surface area contributed by atoms with Crippen LogP contribution in [0.3, 0.4) is 0 Å². The molecule has 0 radical (unpaired) electrons. The molecule has 0 bridgehead atoms. The van der Waals surface area contributed by atoms with Gasteiger partial charge in [0.25, 0.3) is 0 Å². The van der Waals surface area contributed by atoms with Crippen LogP contribution in [0.15, 0.2) is 47.2 Å². The van der Waals surface area contributed by atoms with Gasteiger partial charge < -0.3 is 0 Å². The third kappa shape index (κ3) is 4.16. The lowest BCUT2D eigenvalue weighted by Gasteiger charge is -2.15. The number of aromatic nitrogens is 1. The van der Waals surface area contributed by atoms with Crippen LogP contribution in [0.4, 0.5) is 13.2 Å². The first-order valence-electron chi connectivity index (χ1n) is 7.54. The van der Waals surface area contributed by atoms with Gasteiger partial charge in [-0.15, -0.1) is 22.7 Å². The van der Waals surface area contributed by atoms with Crippen LogP contribution in [0, 0.1) is 0 Å². The summed E-state index contributed by atoms with van der Waals surface area (Å²) >= 11 is 2.85. The molecule has 0 amide bonds. The molecular weight excluding hydrogens is 403 g/mol. The molecule has 2 heterocycles. The van der Waals surface area contributed by atoms with Crippen LogP contribution in [-0.2, 0) is 21.8 Å². The summed E-state index contributed by atoms with van der Waals surface area (Å²) in [6.45, 7) is 1.40. The van der Waals surface area contributed by atoms with Crippen LogP contribution in [0.2, 0.25) is 0 Å². The van der Waals surface area contributed by atoms with Crippen LogP contribution in [-0.4, -0.2) is 13.4 Å². The van der Waals surface area contributed by atoms with E-state index in [4.69, 9.17) is 0 Å². The van der Waals surface area contributed by atoms with E-state index in [0.717, 1.165) is 22.0 Å². The first-order chi connectivity index (χ1) is 12.2. The minimum Gasteiger partial charge on any atom is -0.239 e. The molecule has 3 nitrogen and oxygen atoms in total. The van der Waals surface area contributed by atoms with Gasteiger partial charge in [-0.25, -0.2) is 13.4 Å². The number of nitrogens with zero attached hydrogens (tertiary/aromatic N) is 1. The van der Waals surface area contributed by atoms with Crippen molar-refractivity contribution in [3.63, 3.8) is 0 Å². The average molecular weight is 417 g/mol. The predicted molar refractivity (Wildman–Crippen MR) is 97.9 cm³/mol. The van der Waals surface area contributed by atoms with Gasteiger partial charge in [0.15, 0.2) is 9.84 Å². The van der Waals surface area contributed by atoms with Gasteiger partial charge in [-0.1, -0.05) is 24.3 Å². The number of hydrogen-bond acceptors (Lipinski definition) is 5. The molecule has 0 aliphatic carbocycles. The van der Waals surface area contributed by atoms with Gasteiger partial charge in [-0.05, 0) is 30.0 Å². The van der Waals surface area contributed by atoms with Crippen molar-refractivity contribution in [1.29, 1.82) is 0 Å². The normalized spacial score (nSPS) is 13.7. The van der Waals surface area contributed by atoms with Crippen LogP contribution in [0.1, 0.15) is 29.0 Å². The van der Waals surface area contributed by atoms with Crippen molar-refractivity contribution < 1.29 is 21.6 Å². The zero-order valence-electron chi connectivity index (χ0n) is 13.5. The molecule has 0 N–H and O–H groups in total. The van der Waals surface area contributed by atoms with E-state index in [-0.39, 0.29) is 11.3 Å². The maximum atomic E-state index is 12.9. The smallest absolute Gasteiger partial charge is 0.239 e. The van der Waals surface area contributed by atoms with Crippen molar-refractivity contribution in [2.45, 2.75) is 24.1 Å². The Hall–Kier alpha value is -1.71. The van der Waals surface area contributed by atoms with Crippen LogP contribution >= 0.6 is 22.7 Å². The quantitative estimate of drug-likeness (QED) is 0.546. The Kier molecular flexibility index (Phi) is 5.23. The first kappa shape index (κ1) is 19.1. The van der Waals surface area contributed by atoms with Crippen molar-refractivity contribution in [2.24, 2.45) is 0 Å². The molecule has 138 valence electrons. The molecule has 1 unspecified atom stereocenters. The van der Waals surface area contributed by atoms with Crippen molar-refractivity contribution in [1.82, 2.24) is 4.98 Å². The molecule has 3 aromatic rings. The Bertz CT molecular complexity index is 992. The van der Waals surface area contributed by atoms with Crippen molar-refractivity contribution in [3.05, 3.63) is 64.0 Å². The second-order valence-electron chi connectivity index (χ2n) is 5.69. The summed E-state index contributed by atoms with van der Waals surface area (Å²) in [6, 6.07) is 8.22. The van der Waals surface area contributed by atoms with E-state index < -0.39 is 26.8 Å². The first-order valence-corrected chi connectivity index (χ1v) is 11.0. The highest BCUT2D eigenvalue weighted by molar-refractivity contribution is 7.90. The number of alkyl halides is 3. The molecule has 0 spiro atoms. The van der Waals surface area contributed by atoms with Crippen molar-refractivity contribution in [3.8, 4) is 9.88 Å². The minimum atomic E-state index is -4.51. The molecular formula is C17H14F3NO2S3. The van der Waals surface area contributed by atoms with Crippen molar-refractivity contribution in [2.75, 3.05) is 0 Å². The number of thiazole rings is 1. The molecule has 3 rings (SSSR count). The van der Waals surface area contributed by atoms with E-state index in [1.165, 1.54) is 41.7 Å². The lowest BCUT2D eigenvalue weighted by atomic mass is 10.1. The number of halogens is 3. The standard InChI is InChI=1S/C17H14F3NO2S3/c1-11(12-4-2-5-13(8-12)17(18,19)20)26(22,23)10-14-9-25-16(21-14)15-6-3-7-24-15/h2-9,11H,10H2,1H3. The zero-order chi connectivity index (χ0) is 18.9. The maximum absolute atomic E-state index is 12.9. The number of hydrogen-bond donors (Lipinski definition) is 0. The minimum absolute atomic E-state index is 0.119. The largest absolute Gasteiger partial charge is 0.416 e. The monoisotopic (exact) mass is 417 g/mol. The van der Waals surface area contributed by atoms with Gasteiger partial charge in [0.1, 0.15) is 5.01 Å². The Labute approximate surface area is 157 Å². The number of sulfone groups is 1. The lowest BCUT2D eigenvalue weighted by molar-refractivity contribution is -0.137. The third-order valence-electron chi connectivity index (χ3n) is 3.85. The summed E-state index contributed by atoms with van der Waals surface area (Å²) in [6.07, 6.45) is -4.51. The SMILES string of the molecule is CC(c1cccc(C(F)(F)F)c1)S(=O)(=O)Cc1csc(-c2cccs2)n1. The fourth-order valence-corrected chi connectivity index (χ4v) is 5.50. The highest BCUT2D eigenvalue weighted by Crippen LogP contribution is 2.34. The Morgan fingerprint density at radius 3 is 2.58 bits per heavy atom. The van der Waals surface area contributed by atoms with E-state index in [9.17, 15) is 21.6 Å². The number of benzene rings is 1. The Morgan fingerprint density at radius 1 is 1.15 bits per heavy atom. The Balaban J connectivity index is 1.82. The summed E-state index contributed by atoms with van der Waals surface area (Å²) < 4.78 is 63.9. The molecule has 1 atom stereocenters. The highest BCUT2D eigenvalue weighted by atomic mass is 32.2. The van der Waals surface area contributed by atoms with Crippen LogP contribution in [0.5, 0.6) is 0 Å². The van der Waals surface area contributed by atoms with Gasteiger partial charge in [0.05, 0.1) is 27.1 Å². The summed E-state index contributed by atoms with van der Waals surface area (Å²) in [5.41, 5.74) is -0.337.